The number of hydrogen-bond donors (Lipinski definition) is 0. The number of piperidine rings is 1. The van der Waals surface area contributed by atoms with Crippen LogP contribution >= 0.6 is 15.9 Å². The van der Waals surface area contributed by atoms with E-state index in [9.17, 15) is 9.59 Å². The van der Waals surface area contributed by atoms with Crippen LogP contribution in [0.15, 0.2) is 41.0 Å². The van der Waals surface area contributed by atoms with Gasteiger partial charge in [0, 0.05) is 68.6 Å². The quantitative estimate of drug-likeness (QED) is 0.626. The summed E-state index contributed by atoms with van der Waals surface area (Å²) in [4.78, 5) is 43.2. The minimum atomic E-state index is -0.284. The molecule has 0 radical (unpaired) electrons. The van der Waals surface area contributed by atoms with Crippen molar-refractivity contribution in [2.24, 2.45) is 5.92 Å². The number of amides is 2. The summed E-state index contributed by atoms with van der Waals surface area (Å²) in [5, 5.41) is 0. The van der Waals surface area contributed by atoms with E-state index in [1.54, 1.807) is 4.90 Å². The number of rotatable bonds is 4. The Morgan fingerprint density at radius 1 is 0.970 bits per heavy atom. The van der Waals surface area contributed by atoms with E-state index < -0.39 is 0 Å². The summed E-state index contributed by atoms with van der Waals surface area (Å²) in [6, 6.07) is 9.62. The predicted molar refractivity (Wildman–Crippen MR) is 131 cm³/mol. The maximum Gasteiger partial charge on any atom is 0.228 e. The van der Waals surface area contributed by atoms with Crippen LogP contribution < -0.4 is 14.7 Å². The number of piperazine rings is 1. The third-order valence-electron chi connectivity index (χ3n) is 6.78. The summed E-state index contributed by atoms with van der Waals surface area (Å²) in [7, 11) is 0. The molecule has 0 N–H and O–H groups in total. The van der Waals surface area contributed by atoms with Gasteiger partial charge >= 0.3 is 0 Å². The smallest absolute Gasteiger partial charge is 0.228 e. The SMILES string of the molecule is O=C(C1CC(=O)N(c2cccc(Br)c2)C1)N1CCN(c2ccnc(N3CCCCC3)n2)CC1. The van der Waals surface area contributed by atoms with Gasteiger partial charge in [0.25, 0.3) is 0 Å². The van der Waals surface area contributed by atoms with Crippen molar-refractivity contribution < 1.29 is 9.59 Å². The van der Waals surface area contributed by atoms with Crippen molar-refractivity contribution in [2.75, 3.05) is 60.5 Å². The normalized spacial score (nSPS) is 21.6. The highest BCUT2D eigenvalue weighted by Crippen LogP contribution is 2.29. The van der Waals surface area contributed by atoms with Crippen molar-refractivity contribution in [2.45, 2.75) is 25.7 Å². The van der Waals surface area contributed by atoms with Crippen LogP contribution in [0.2, 0.25) is 0 Å². The Bertz CT molecular complexity index is 1020. The van der Waals surface area contributed by atoms with Crippen LogP contribution in [0.4, 0.5) is 17.5 Å². The van der Waals surface area contributed by atoms with Gasteiger partial charge in [-0.2, -0.15) is 4.98 Å². The Labute approximate surface area is 202 Å². The van der Waals surface area contributed by atoms with Crippen LogP contribution in [-0.4, -0.2) is 72.5 Å². The molecule has 5 rings (SSSR count). The Morgan fingerprint density at radius 2 is 1.76 bits per heavy atom. The molecule has 1 atom stereocenters. The van der Waals surface area contributed by atoms with Crippen LogP contribution in [0.5, 0.6) is 0 Å². The van der Waals surface area contributed by atoms with E-state index in [0.29, 0.717) is 19.6 Å². The van der Waals surface area contributed by atoms with E-state index in [1.165, 1.54) is 19.3 Å². The molecule has 1 aromatic heterocycles. The molecular formula is C24H29BrN6O2. The molecule has 3 saturated heterocycles. The Morgan fingerprint density at radius 3 is 2.52 bits per heavy atom. The van der Waals surface area contributed by atoms with E-state index in [0.717, 1.165) is 48.1 Å². The van der Waals surface area contributed by atoms with Gasteiger partial charge < -0.3 is 19.6 Å². The highest BCUT2D eigenvalue weighted by Gasteiger charge is 2.38. The summed E-state index contributed by atoms with van der Waals surface area (Å²) >= 11 is 3.46. The maximum absolute atomic E-state index is 13.2. The molecule has 3 aliphatic rings. The molecule has 0 aliphatic carbocycles. The van der Waals surface area contributed by atoms with Crippen molar-refractivity contribution in [3.05, 3.63) is 41.0 Å². The Kier molecular flexibility index (Phi) is 6.48. The van der Waals surface area contributed by atoms with Crippen molar-refractivity contribution in [3.8, 4) is 0 Å². The molecule has 1 unspecified atom stereocenters. The lowest BCUT2D eigenvalue weighted by molar-refractivity contribution is -0.136. The molecule has 3 fully saturated rings. The van der Waals surface area contributed by atoms with E-state index in [1.807, 2.05) is 41.4 Å². The second-order valence-electron chi connectivity index (χ2n) is 8.96. The fourth-order valence-corrected chi connectivity index (χ4v) is 5.33. The minimum absolute atomic E-state index is 0.0105. The highest BCUT2D eigenvalue weighted by molar-refractivity contribution is 9.10. The first-order valence-corrected chi connectivity index (χ1v) is 12.6. The lowest BCUT2D eigenvalue weighted by Gasteiger charge is -2.37. The third kappa shape index (κ3) is 4.83. The molecule has 174 valence electrons. The average molecular weight is 513 g/mol. The molecule has 0 spiro atoms. The zero-order valence-electron chi connectivity index (χ0n) is 18.7. The predicted octanol–water partition coefficient (Wildman–Crippen LogP) is 2.93. The van der Waals surface area contributed by atoms with Gasteiger partial charge in [0.05, 0.1) is 5.92 Å². The molecular weight excluding hydrogens is 484 g/mol. The van der Waals surface area contributed by atoms with Crippen molar-refractivity contribution in [3.63, 3.8) is 0 Å². The van der Waals surface area contributed by atoms with Crippen molar-refractivity contribution in [1.29, 1.82) is 0 Å². The van der Waals surface area contributed by atoms with Crippen molar-refractivity contribution >= 4 is 45.2 Å². The molecule has 33 heavy (non-hydrogen) atoms. The van der Waals surface area contributed by atoms with E-state index in [-0.39, 0.29) is 24.2 Å². The lowest BCUT2D eigenvalue weighted by Crippen LogP contribution is -2.51. The van der Waals surface area contributed by atoms with Gasteiger partial charge in [-0.05, 0) is 43.5 Å². The number of anilines is 3. The van der Waals surface area contributed by atoms with Gasteiger partial charge in [-0.15, -0.1) is 0 Å². The number of carbonyl (C=O) groups is 2. The summed E-state index contributed by atoms with van der Waals surface area (Å²) in [5.74, 6) is 1.54. The Balaban J connectivity index is 1.18. The molecule has 0 bridgehead atoms. The standard InChI is InChI=1S/C24H29BrN6O2/c25-19-5-4-6-20(16-19)31-17-18(15-22(31)32)23(33)29-13-11-28(12-14-29)21-7-8-26-24(27-21)30-9-2-1-3-10-30/h4-8,16,18H,1-3,9-15,17H2. The van der Waals surface area contributed by atoms with Crippen molar-refractivity contribution in [1.82, 2.24) is 14.9 Å². The summed E-state index contributed by atoms with van der Waals surface area (Å²) < 4.78 is 0.923. The topological polar surface area (TPSA) is 72.9 Å². The minimum Gasteiger partial charge on any atom is -0.353 e. The molecule has 0 saturated carbocycles. The Hall–Kier alpha value is -2.68. The second-order valence-corrected chi connectivity index (χ2v) is 9.88. The molecule has 8 nitrogen and oxygen atoms in total. The number of nitrogens with zero attached hydrogens (tertiary/aromatic N) is 6. The second kappa shape index (κ2) is 9.67. The zero-order valence-corrected chi connectivity index (χ0v) is 20.3. The summed E-state index contributed by atoms with van der Waals surface area (Å²) in [6.45, 7) is 5.23. The lowest BCUT2D eigenvalue weighted by atomic mass is 10.1. The first-order chi connectivity index (χ1) is 16.1. The van der Waals surface area contributed by atoms with Gasteiger partial charge in [-0.25, -0.2) is 4.98 Å². The zero-order chi connectivity index (χ0) is 22.8. The number of hydrogen-bond acceptors (Lipinski definition) is 6. The van der Waals surface area contributed by atoms with Gasteiger partial charge in [0.15, 0.2) is 0 Å². The fraction of sp³-hybridized carbons (Fsp3) is 0.500. The van der Waals surface area contributed by atoms with Gasteiger partial charge in [0.1, 0.15) is 5.82 Å². The van der Waals surface area contributed by atoms with Gasteiger partial charge in [-0.1, -0.05) is 22.0 Å². The first-order valence-electron chi connectivity index (χ1n) is 11.8. The largest absolute Gasteiger partial charge is 0.353 e. The van der Waals surface area contributed by atoms with E-state index >= 15 is 0 Å². The molecule has 1 aromatic carbocycles. The van der Waals surface area contributed by atoms with Gasteiger partial charge in [-0.3, -0.25) is 9.59 Å². The molecule has 4 heterocycles. The molecule has 2 aromatic rings. The maximum atomic E-state index is 13.2. The van der Waals surface area contributed by atoms with E-state index in [4.69, 9.17) is 4.98 Å². The molecule has 2 amide bonds. The number of carbonyl (C=O) groups excluding carboxylic acids is 2. The van der Waals surface area contributed by atoms with Crippen LogP contribution in [-0.2, 0) is 9.59 Å². The highest BCUT2D eigenvalue weighted by atomic mass is 79.9. The monoisotopic (exact) mass is 512 g/mol. The molecule has 3 aliphatic heterocycles. The first kappa shape index (κ1) is 22.1. The van der Waals surface area contributed by atoms with Crippen LogP contribution in [0.1, 0.15) is 25.7 Å². The number of aromatic nitrogens is 2. The van der Waals surface area contributed by atoms with Crippen LogP contribution in [0.25, 0.3) is 0 Å². The average Bonchev–Trinajstić information content (AvgIpc) is 3.26. The fourth-order valence-electron chi connectivity index (χ4n) is 4.94. The van der Waals surface area contributed by atoms with Crippen LogP contribution in [0.3, 0.4) is 0 Å². The number of halogens is 1. The number of benzene rings is 1. The van der Waals surface area contributed by atoms with Crippen LogP contribution in [0, 0.1) is 5.92 Å². The van der Waals surface area contributed by atoms with Gasteiger partial charge in [0.2, 0.25) is 17.8 Å². The van der Waals surface area contributed by atoms with E-state index in [2.05, 4.69) is 30.7 Å². The summed E-state index contributed by atoms with van der Waals surface area (Å²) in [6.07, 6.45) is 5.77. The summed E-state index contributed by atoms with van der Waals surface area (Å²) in [5.41, 5.74) is 0.836. The molecule has 9 heteroatoms. The third-order valence-corrected chi connectivity index (χ3v) is 7.27.